The number of hydrogen-bond donors (Lipinski definition) is 1. The maximum absolute atomic E-state index is 5.94. The molecule has 3 rings (SSSR count). The van der Waals surface area contributed by atoms with Crippen LogP contribution in [0.5, 0.6) is 0 Å². The predicted molar refractivity (Wildman–Crippen MR) is 77.0 cm³/mol. The van der Waals surface area contributed by atoms with E-state index in [1.807, 2.05) is 24.9 Å². The fraction of sp³-hybridized carbons (Fsp3) is 0.400. The summed E-state index contributed by atoms with van der Waals surface area (Å²) in [6, 6.07) is 6.71. The zero-order chi connectivity index (χ0) is 13.4. The summed E-state index contributed by atoms with van der Waals surface area (Å²) < 4.78 is 1.85. The average Bonchev–Trinajstić information content (AvgIpc) is 2.96. The molecule has 19 heavy (non-hydrogen) atoms. The predicted octanol–water partition coefficient (Wildman–Crippen LogP) is 2.00. The minimum Gasteiger partial charge on any atom is -0.367 e. The maximum atomic E-state index is 5.94. The Hall–Kier alpha value is -1.81. The van der Waals surface area contributed by atoms with Gasteiger partial charge >= 0.3 is 0 Å². The Morgan fingerprint density at radius 2 is 2.26 bits per heavy atom. The van der Waals surface area contributed by atoms with E-state index >= 15 is 0 Å². The van der Waals surface area contributed by atoms with Gasteiger partial charge in [0.1, 0.15) is 0 Å². The molecule has 0 saturated carbocycles. The van der Waals surface area contributed by atoms with Crippen molar-refractivity contribution >= 4 is 5.69 Å². The molecule has 4 heteroatoms. The van der Waals surface area contributed by atoms with Crippen LogP contribution in [0.2, 0.25) is 0 Å². The lowest BCUT2D eigenvalue weighted by Crippen LogP contribution is -2.19. The van der Waals surface area contributed by atoms with Crippen LogP contribution in [0.4, 0.5) is 5.69 Å². The molecule has 1 aliphatic heterocycles. The Bertz CT molecular complexity index is 586. The number of fused-ring (bicyclic) bond motifs is 1. The standard InChI is InChI=1S/C15H20N4/c1-11(16)13-3-4-15-14(7-13)5-6-19(15)10-12-8-17-18(2)9-12/h3-4,7-9,11H,5-6,10,16H2,1-2H3. The second-order valence-electron chi connectivity index (χ2n) is 5.37. The van der Waals surface area contributed by atoms with Gasteiger partial charge in [-0.05, 0) is 30.5 Å². The number of aryl methyl sites for hydroxylation is 1. The van der Waals surface area contributed by atoms with Crippen LogP contribution < -0.4 is 10.6 Å². The first-order chi connectivity index (χ1) is 9.13. The highest BCUT2D eigenvalue weighted by Gasteiger charge is 2.20. The number of nitrogens with zero attached hydrogens (tertiary/aromatic N) is 3. The van der Waals surface area contributed by atoms with E-state index in [2.05, 4.69) is 34.4 Å². The Morgan fingerprint density at radius 3 is 2.95 bits per heavy atom. The van der Waals surface area contributed by atoms with Crippen molar-refractivity contribution < 1.29 is 0 Å². The van der Waals surface area contributed by atoms with Gasteiger partial charge in [0.05, 0.1) is 6.20 Å². The molecule has 1 aromatic carbocycles. The molecule has 0 spiro atoms. The molecule has 1 atom stereocenters. The van der Waals surface area contributed by atoms with E-state index in [0.717, 1.165) is 19.5 Å². The van der Waals surface area contributed by atoms with Crippen molar-refractivity contribution in [3.05, 3.63) is 47.3 Å². The van der Waals surface area contributed by atoms with E-state index in [4.69, 9.17) is 5.73 Å². The SMILES string of the molecule is CC(N)c1ccc2c(c1)CCN2Cc1cnn(C)c1. The van der Waals surface area contributed by atoms with Crippen LogP contribution >= 0.6 is 0 Å². The van der Waals surface area contributed by atoms with Gasteiger partial charge in [-0.1, -0.05) is 12.1 Å². The quantitative estimate of drug-likeness (QED) is 0.913. The number of aromatic nitrogens is 2. The van der Waals surface area contributed by atoms with Gasteiger partial charge in [0.2, 0.25) is 0 Å². The Morgan fingerprint density at radius 1 is 1.42 bits per heavy atom. The minimum atomic E-state index is 0.109. The molecule has 2 N–H and O–H groups in total. The average molecular weight is 256 g/mol. The molecule has 1 aromatic heterocycles. The third-order valence-corrected chi connectivity index (χ3v) is 3.75. The summed E-state index contributed by atoms with van der Waals surface area (Å²) in [5.41, 5.74) is 11.2. The lowest BCUT2D eigenvalue weighted by molar-refractivity contribution is 0.765. The van der Waals surface area contributed by atoms with Crippen molar-refractivity contribution in [2.24, 2.45) is 12.8 Å². The largest absolute Gasteiger partial charge is 0.367 e. The van der Waals surface area contributed by atoms with Crippen molar-refractivity contribution in [1.29, 1.82) is 0 Å². The molecule has 1 aliphatic rings. The first kappa shape index (κ1) is 12.2. The van der Waals surface area contributed by atoms with Gasteiger partial charge in [0, 0.05) is 43.6 Å². The van der Waals surface area contributed by atoms with Crippen molar-refractivity contribution in [3.8, 4) is 0 Å². The van der Waals surface area contributed by atoms with E-state index < -0.39 is 0 Å². The monoisotopic (exact) mass is 256 g/mol. The molecule has 0 amide bonds. The topological polar surface area (TPSA) is 47.1 Å². The van der Waals surface area contributed by atoms with E-state index in [9.17, 15) is 0 Å². The molecule has 2 heterocycles. The van der Waals surface area contributed by atoms with Crippen LogP contribution in [0, 0.1) is 0 Å². The smallest absolute Gasteiger partial charge is 0.0539 e. The molecular formula is C15H20N4. The van der Waals surface area contributed by atoms with Gasteiger partial charge in [0.25, 0.3) is 0 Å². The first-order valence-corrected chi connectivity index (χ1v) is 6.74. The molecule has 2 aromatic rings. The van der Waals surface area contributed by atoms with Crippen molar-refractivity contribution in [3.63, 3.8) is 0 Å². The molecule has 0 saturated heterocycles. The number of anilines is 1. The van der Waals surface area contributed by atoms with Gasteiger partial charge in [-0.2, -0.15) is 5.10 Å². The van der Waals surface area contributed by atoms with Gasteiger partial charge in [-0.25, -0.2) is 0 Å². The van der Waals surface area contributed by atoms with Crippen LogP contribution in [0.25, 0.3) is 0 Å². The molecule has 0 radical (unpaired) electrons. The molecule has 100 valence electrons. The van der Waals surface area contributed by atoms with Crippen LogP contribution in [-0.4, -0.2) is 16.3 Å². The highest BCUT2D eigenvalue weighted by atomic mass is 15.2. The third-order valence-electron chi connectivity index (χ3n) is 3.75. The summed E-state index contributed by atoms with van der Waals surface area (Å²) >= 11 is 0. The van der Waals surface area contributed by atoms with Crippen LogP contribution in [0.3, 0.4) is 0 Å². The number of benzene rings is 1. The summed E-state index contributed by atoms with van der Waals surface area (Å²) in [5.74, 6) is 0. The highest BCUT2D eigenvalue weighted by molar-refractivity contribution is 5.59. The second-order valence-corrected chi connectivity index (χ2v) is 5.37. The maximum Gasteiger partial charge on any atom is 0.0539 e. The van der Waals surface area contributed by atoms with E-state index in [1.54, 1.807) is 0 Å². The van der Waals surface area contributed by atoms with Gasteiger partial charge in [0.15, 0.2) is 0 Å². The Kier molecular flexibility index (Phi) is 3.03. The highest BCUT2D eigenvalue weighted by Crippen LogP contribution is 2.31. The van der Waals surface area contributed by atoms with E-state index in [-0.39, 0.29) is 6.04 Å². The van der Waals surface area contributed by atoms with Crippen LogP contribution in [0.1, 0.15) is 29.7 Å². The Labute approximate surface area is 113 Å². The summed E-state index contributed by atoms with van der Waals surface area (Å²) in [4.78, 5) is 2.41. The first-order valence-electron chi connectivity index (χ1n) is 6.74. The molecule has 1 unspecified atom stereocenters. The third kappa shape index (κ3) is 2.36. The molecule has 0 bridgehead atoms. The summed E-state index contributed by atoms with van der Waals surface area (Å²) in [6.07, 6.45) is 5.12. The van der Waals surface area contributed by atoms with Gasteiger partial charge in [-0.15, -0.1) is 0 Å². The van der Waals surface area contributed by atoms with Crippen molar-refractivity contribution in [1.82, 2.24) is 9.78 Å². The summed E-state index contributed by atoms with van der Waals surface area (Å²) in [7, 11) is 1.95. The number of rotatable bonds is 3. The number of nitrogens with two attached hydrogens (primary N) is 1. The zero-order valence-electron chi connectivity index (χ0n) is 11.5. The molecule has 4 nitrogen and oxygen atoms in total. The van der Waals surface area contributed by atoms with Gasteiger partial charge in [-0.3, -0.25) is 4.68 Å². The van der Waals surface area contributed by atoms with Crippen LogP contribution in [0.15, 0.2) is 30.6 Å². The summed E-state index contributed by atoms with van der Waals surface area (Å²) in [5, 5.41) is 4.23. The zero-order valence-corrected chi connectivity index (χ0v) is 11.5. The lowest BCUT2D eigenvalue weighted by atomic mass is 10.0. The number of hydrogen-bond acceptors (Lipinski definition) is 3. The summed E-state index contributed by atoms with van der Waals surface area (Å²) in [6.45, 7) is 4.04. The van der Waals surface area contributed by atoms with Crippen LogP contribution in [-0.2, 0) is 20.0 Å². The van der Waals surface area contributed by atoms with E-state index in [0.29, 0.717) is 0 Å². The molecule has 0 fully saturated rings. The molecule has 0 aliphatic carbocycles. The fourth-order valence-corrected chi connectivity index (χ4v) is 2.71. The molecular weight excluding hydrogens is 236 g/mol. The second kappa shape index (κ2) is 4.70. The van der Waals surface area contributed by atoms with Gasteiger partial charge < -0.3 is 10.6 Å². The lowest BCUT2D eigenvalue weighted by Gasteiger charge is -2.19. The minimum absolute atomic E-state index is 0.109. The van der Waals surface area contributed by atoms with Crippen molar-refractivity contribution in [2.45, 2.75) is 25.9 Å². The Balaban J connectivity index is 1.82. The fourth-order valence-electron chi connectivity index (χ4n) is 2.71. The van der Waals surface area contributed by atoms with Crippen molar-refractivity contribution in [2.75, 3.05) is 11.4 Å². The normalized spacial score (nSPS) is 15.6. The van der Waals surface area contributed by atoms with E-state index in [1.165, 1.54) is 22.4 Å².